The summed E-state index contributed by atoms with van der Waals surface area (Å²) >= 11 is 1.62. The molecule has 3 heterocycles. The highest BCUT2D eigenvalue weighted by Gasteiger charge is 2.30. The smallest absolute Gasteiger partial charge is 0.254 e. The molecular formula is C16H19N3O2S. The predicted molar refractivity (Wildman–Crippen MR) is 85.1 cm³/mol. The molecular weight excluding hydrogens is 298 g/mol. The van der Waals surface area contributed by atoms with Crippen LogP contribution in [0, 0.1) is 0 Å². The van der Waals surface area contributed by atoms with Crippen molar-refractivity contribution in [1.82, 2.24) is 14.9 Å². The Balaban J connectivity index is 1.84. The van der Waals surface area contributed by atoms with E-state index in [9.17, 15) is 4.79 Å². The van der Waals surface area contributed by atoms with E-state index in [1.165, 1.54) is 0 Å². The number of pyridine rings is 1. The van der Waals surface area contributed by atoms with E-state index >= 15 is 0 Å². The maximum atomic E-state index is 12.9. The molecule has 1 fully saturated rings. The van der Waals surface area contributed by atoms with Crippen molar-refractivity contribution in [3.05, 3.63) is 40.5 Å². The molecule has 1 aliphatic heterocycles. The number of nitrogens with zero attached hydrogens (tertiary/aromatic N) is 3. The van der Waals surface area contributed by atoms with E-state index < -0.39 is 0 Å². The fourth-order valence-corrected chi connectivity index (χ4v) is 3.55. The molecule has 0 bridgehead atoms. The lowest BCUT2D eigenvalue weighted by Crippen LogP contribution is -2.38. The van der Waals surface area contributed by atoms with Crippen LogP contribution in [0.4, 0.5) is 0 Å². The van der Waals surface area contributed by atoms with E-state index in [1.54, 1.807) is 35.9 Å². The van der Waals surface area contributed by atoms with E-state index in [4.69, 9.17) is 4.74 Å². The van der Waals surface area contributed by atoms with Gasteiger partial charge in [-0.1, -0.05) is 0 Å². The fraction of sp³-hybridized carbons (Fsp3) is 0.438. The summed E-state index contributed by atoms with van der Waals surface area (Å²) < 4.78 is 5.39. The maximum absolute atomic E-state index is 12.9. The summed E-state index contributed by atoms with van der Waals surface area (Å²) in [4.78, 5) is 23.3. The second-order valence-electron chi connectivity index (χ2n) is 5.20. The van der Waals surface area contributed by atoms with E-state index in [1.807, 2.05) is 17.2 Å². The highest BCUT2D eigenvalue weighted by Crippen LogP contribution is 2.33. The van der Waals surface area contributed by atoms with Crippen LogP contribution in [0.1, 0.15) is 47.6 Å². The van der Waals surface area contributed by atoms with Gasteiger partial charge < -0.3 is 9.64 Å². The second kappa shape index (κ2) is 6.87. The summed E-state index contributed by atoms with van der Waals surface area (Å²) in [5.74, 6) is 0.527. The standard InChI is InChI=1S/C16H19N3O2S/c1-2-21-14-11-12(6-7-17-14)16(20)19-9-4-3-5-13(19)15-18-8-10-22-15/h6-8,10-11,13H,2-5,9H2,1H3/t13-/m1/s1. The fourth-order valence-electron chi connectivity index (χ4n) is 2.77. The number of hydrogen-bond donors (Lipinski definition) is 0. The van der Waals surface area contributed by atoms with Gasteiger partial charge in [0.05, 0.1) is 12.6 Å². The van der Waals surface area contributed by atoms with Crippen LogP contribution in [0.3, 0.4) is 0 Å². The van der Waals surface area contributed by atoms with Gasteiger partial charge in [0.1, 0.15) is 5.01 Å². The largest absolute Gasteiger partial charge is 0.478 e. The molecule has 2 aromatic rings. The van der Waals surface area contributed by atoms with Gasteiger partial charge in [-0.25, -0.2) is 9.97 Å². The summed E-state index contributed by atoms with van der Waals surface area (Å²) in [6.07, 6.45) is 6.58. The van der Waals surface area contributed by atoms with Crippen LogP contribution in [0.5, 0.6) is 5.88 Å². The van der Waals surface area contributed by atoms with Gasteiger partial charge in [0.15, 0.2) is 0 Å². The van der Waals surface area contributed by atoms with E-state index in [2.05, 4.69) is 9.97 Å². The van der Waals surface area contributed by atoms with Crippen LogP contribution in [0.25, 0.3) is 0 Å². The van der Waals surface area contributed by atoms with Crippen molar-refractivity contribution in [2.75, 3.05) is 13.2 Å². The van der Waals surface area contributed by atoms with Crippen molar-refractivity contribution < 1.29 is 9.53 Å². The summed E-state index contributed by atoms with van der Waals surface area (Å²) in [6.45, 7) is 3.21. The maximum Gasteiger partial charge on any atom is 0.254 e. The van der Waals surface area contributed by atoms with Gasteiger partial charge in [0, 0.05) is 35.9 Å². The molecule has 0 radical (unpaired) electrons. The lowest BCUT2D eigenvalue weighted by Gasteiger charge is -2.34. The first kappa shape index (κ1) is 15.0. The SMILES string of the molecule is CCOc1cc(C(=O)N2CCCC[C@@H]2c2nccs2)ccn1. The highest BCUT2D eigenvalue weighted by molar-refractivity contribution is 7.09. The number of hydrogen-bond acceptors (Lipinski definition) is 5. The first-order valence-electron chi connectivity index (χ1n) is 7.59. The molecule has 1 aliphatic rings. The second-order valence-corrected chi connectivity index (χ2v) is 6.12. The Labute approximate surface area is 134 Å². The minimum Gasteiger partial charge on any atom is -0.478 e. The topological polar surface area (TPSA) is 55.3 Å². The molecule has 0 N–H and O–H groups in total. The van der Waals surface area contributed by atoms with Crippen molar-refractivity contribution in [3.63, 3.8) is 0 Å². The number of ether oxygens (including phenoxy) is 1. The summed E-state index contributed by atoms with van der Waals surface area (Å²) in [6, 6.07) is 3.56. The van der Waals surface area contributed by atoms with Gasteiger partial charge in [-0.05, 0) is 32.3 Å². The molecule has 3 rings (SSSR count). The molecule has 6 heteroatoms. The van der Waals surface area contributed by atoms with Gasteiger partial charge >= 0.3 is 0 Å². The third-order valence-corrected chi connectivity index (χ3v) is 4.65. The number of piperidine rings is 1. The molecule has 116 valence electrons. The molecule has 1 saturated heterocycles. The van der Waals surface area contributed by atoms with Crippen LogP contribution in [0.2, 0.25) is 0 Å². The van der Waals surface area contributed by atoms with E-state index in [0.717, 1.165) is 30.8 Å². The Kier molecular flexibility index (Phi) is 4.68. The average molecular weight is 317 g/mol. The third kappa shape index (κ3) is 3.11. The molecule has 1 amide bonds. The number of rotatable bonds is 4. The van der Waals surface area contributed by atoms with Crippen LogP contribution < -0.4 is 4.74 Å². The Bertz CT molecular complexity index is 630. The Morgan fingerprint density at radius 1 is 1.41 bits per heavy atom. The lowest BCUT2D eigenvalue weighted by molar-refractivity contribution is 0.0610. The zero-order valence-electron chi connectivity index (χ0n) is 12.6. The first-order valence-corrected chi connectivity index (χ1v) is 8.46. The Morgan fingerprint density at radius 3 is 3.09 bits per heavy atom. The third-order valence-electron chi connectivity index (χ3n) is 3.77. The Hall–Kier alpha value is -1.95. The van der Waals surface area contributed by atoms with Crippen LogP contribution in [0.15, 0.2) is 29.9 Å². The molecule has 0 aromatic carbocycles. The molecule has 0 spiro atoms. The number of aromatic nitrogens is 2. The van der Waals surface area contributed by atoms with E-state index in [0.29, 0.717) is 18.1 Å². The zero-order valence-corrected chi connectivity index (χ0v) is 13.4. The molecule has 5 nitrogen and oxygen atoms in total. The number of thiazole rings is 1. The van der Waals surface area contributed by atoms with Gasteiger partial charge in [-0.3, -0.25) is 4.79 Å². The average Bonchev–Trinajstić information content (AvgIpc) is 3.09. The van der Waals surface area contributed by atoms with Crippen molar-refractivity contribution in [1.29, 1.82) is 0 Å². The number of carbonyl (C=O) groups excluding carboxylic acids is 1. The molecule has 0 unspecified atom stereocenters. The Morgan fingerprint density at radius 2 is 2.32 bits per heavy atom. The quantitative estimate of drug-likeness (QED) is 0.868. The van der Waals surface area contributed by atoms with Gasteiger partial charge in [-0.15, -0.1) is 11.3 Å². The summed E-state index contributed by atoms with van der Waals surface area (Å²) in [7, 11) is 0. The number of amides is 1. The monoisotopic (exact) mass is 317 g/mol. The van der Waals surface area contributed by atoms with Gasteiger partial charge in [0.25, 0.3) is 5.91 Å². The molecule has 1 atom stereocenters. The van der Waals surface area contributed by atoms with Crippen LogP contribution in [-0.2, 0) is 0 Å². The molecule has 22 heavy (non-hydrogen) atoms. The van der Waals surface area contributed by atoms with Gasteiger partial charge in [-0.2, -0.15) is 0 Å². The summed E-state index contributed by atoms with van der Waals surface area (Å²) in [5.41, 5.74) is 0.627. The normalized spacial score (nSPS) is 18.2. The lowest BCUT2D eigenvalue weighted by atomic mass is 10.0. The van der Waals surface area contributed by atoms with E-state index in [-0.39, 0.29) is 11.9 Å². The molecule has 0 aliphatic carbocycles. The van der Waals surface area contributed by atoms with Crippen molar-refractivity contribution in [2.24, 2.45) is 0 Å². The minimum absolute atomic E-state index is 0.0308. The van der Waals surface area contributed by atoms with Crippen LogP contribution >= 0.6 is 11.3 Å². The minimum atomic E-state index is 0.0308. The van der Waals surface area contributed by atoms with Gasteiger partial charge in [0.2, 0.25) is 5.88 Å². The summed E-state index contributed by atoms with van der Waals surface area (Å²) in [5, 5.41) is 2.99. The van der Waals surface area contributed by atoms with Crippen molar-refractivity contribution in [2.45, 2.75) is 32.2 Å². The van der Waals surface area contributed by atoms with Crippen molar-refractivity contribution in [3.8, 4) is 5.88 Å². The van der Waals surface area contributed by atoms with Crippen molar-refractivity contribution >= 4 is 17.2 Å². The molecule has 2 aromatic heterocycles. The highest BCUT2D eigenvalue weighted by atomic mass is 32.1. The number of carbonyl (C=O) groups is 1. The van der Waals surface area contributed by atoms with Crippen LogP contribution in [-0.4, -0.2) is 33.9 Å². The molecule has 0 saturated carbocycles. The first-order chi connectivity index (χ1) is 10.8. The predicted octanol–water partition coefficient (Wildman–Crippen LogP) is 3.30. The zero-order chi connectivity index (χ0) is 15.4. The number of likely N-dealkylation sites (tertiary alicyclic amines) is 1.